The van der Waals surface area contributed by atoms with Gasteiger partial charge in [-0.05, 0) is 19.8 Å². The minimum atomic E-state index is 0.506. The van der Waals surface area contributed by atoms with Gasteiger partial charge in [-0.3, -0.25) is 4.99 Å². The van der Waals surface area contributed by atoms with E-state index in [9.17, 15) is 0 Å². The predicted octanol–water partition coefficient (Wildman–Crippen LogP) is 1.64. The Balaban J connectivity index is 1.40. The zero-order chi connectivity index (χ0) is 14.4. The molecule has 3 fully saturated rings. The highest BCUT2D eigenvalue weighted by Gasteiger charge is 2.53. The lowest BCUT2D eigenvalue weighted by Gasteiger charge is -2.23. The van der Waals surface area contributed by atoms with Crippen LogP contribution >= 0.6 is 11.3 Å². The van der Waals surface area contributed by atoms with Gasteiger partial charge in [-0.2, -0.15) is 0 Å². The monoisotopic (exact) mass is 306 g/mol. The van der Waals surface area contributed by atoms with Crippen molar-refractivity contribution in [2.24, 2.45) is 16.8 Å². The first kappa shape index (κ1) is 13.5. The normalized spacial score (nSPS) is 34.6. The second-order valence-electron chi connectivity index (χ2n) is 6.28. The van der Waals surface area contributed by atoms with E-state index in [0.29, 0.717) is 24.0 Å². The van der Waals surface area contributed by atoms with E-state index in [1.807, 2.05) is 12.6 Å². The highest BCUT2D eigenvalue weighted by atomic mass is 32.1. The minimum Gasteiger partial charge on any atom is -0.374 e. The topological polar surface area (TPSA) is 49.8 Å². The molecule has 3 aliphatic heterocycles. The number of hydrogen-bond acceptors (Lipinski definition) is 4. The van der Waals surface area contributed by atoms with Crippen molar-refractivity contribution in [1.82, 2.24) is 15.2 Å². The van der Waals surface area contributed by atoms with Crippen LogP contribution in [0.15, 0.2) is 10.5 Å². The average Bonchev–Trinajstić information content (AvgIpc) is 3.20. The van der Waals surface area contributed by atoms with Gasteiger partial charge in [-0.25, -0.2) is 4.98 Å². The quantitative estimate of drug-likeness (QED) is 0.666. The molecule has 4 heterocycles. The van der Waals surface area contributed by atoms with Gasteiger partial charge in [0.25, 0.3) is 0 Å². The number of guanidine groups is 1. The van der Waals surface area contributed by atoms with Crippen LogP contribution < -0.4 is 5.32 Å². The molecule has 3 aliphatic rings. The smallest absolute Gasteiger partial charge is 0.193 e. The molecule has 0 saturated carbocycles. The van der Waals surface area contributed by atoms with E-state index in [1.54, 1.807) is 11.3 Å². The number of nitrogens with one attached hydrogen (secondary N) is 1. The Morgan fingerprint density at radius 2 is 2.14 bits per heavy atom. The second-order valence-corrected chi connectivity index (χ2v) is 7.22. The van der Waals surface area contributed by atoms with E-state index < -0.39 is 0 Å². The number of fused-ring (bicyclic) bond motifs is 5. The van der Waals surface area contributed by atoms with Gasteiger partial charge in [0.2, 0.25) is 0 Å². The molecule has 3 saturated heterocycles. The van der Waals surface area contributed by atoms with E-state index in [0.717, 1.165) is 31.3 Å². The Labute approximate surface area is 129 Å². The molecule has 114 valence electrons. The summed E-state index contributed by atoms with van der Waals surface area (Å²) < 4.78 is 6.04. The molecule has 1 N–H and O–H groups in total. The summed E-state index contributed by atoms with van der Waals surface area (Å²) in [6.07, 6.45) is 3.52. The van der Waals surface area contributed by atoms with Crippen molar-refractivity contribution in [2.45, 2.75) is 38.5 Å². The molecule has 0 aliphatic carbocycles. The standard InChI is InChI=1S/C15H22N4OS/c1-9-14(21-8-18-9)5-17-15(16-2)19-6-10-11(7-19)13-4-3-12(10)20-13/h8,10-13H,3-7H2,1-2H3,(H,16,17). The summed E-state index contributed by atoms with van der Waals surface area (Å²) in [5, 5.41) is 3.50. The third kappa shape index (κ3) is 2.25. The number of aliphatic imine (C=N–C) groups is 1. The molecule has 1 aromatic rings. The average molecular weight is 306 g/mol. The number of ether oxygens (including phenoxy) is 1. The van der Waals surface area contributed by atoms with Crippen LogP contribution in [0.2, 0.25) is 0 Å². The van der Waals surface area contributed by atoms with Crippen LogP contribution in [0.25, 0.3) is 0 Å². The molecule has 2 bridgehead atoms. The Hall–Kier alpha value is -1.14. The van der Waals surface area contributed by atoms with Crippen molar-refractivity contribution in [2.75, 3.05) is 20.1 Å². The molecule has 21 heavy (non-hydrogen) atoms. The van der Waals surface area contributed by atoms with E-state index in [-0.39, 0.29) is 0 Å². The lowest BCUT2D eigenvalue weighted by Crippen LogP contribution is -2.40. The molecule has 0 radical (unpaired) electrons. The number of thiazole rings is 1. The summed E-state index contributed by atoms with van der Waals surface area (Å²) in [6, 6.07) is 0. The fourth-order valence-electron chi connectivity index (χ4n) is 4.12. The van der Waals surface area contributed by atoms with Crippen LogP contribution in [0.3, 0.4) is 0 Å². The number of likely N-dealkylation sites (tertiary alicyclic amines) is 1. The summed E-state index contributed by atoms with van der Waals surface area (Å²) in [4.78, 5) is 12.5. The third-order valence-corrected chi connectivity index (χ3v) is 6.15. The largest absolute Gasteiger partial charge is 0.374 e. The van der Waals surface area contributed by atoms with Gasteiger partial charge in [0.05, 0.1) is 30.0 Å². The van der Waals surface area contributed by atoms with E-state index >= 15 is 0 Å². The zero-order valence-corrected chi connectivity index (χ0v) is 13.4. The highest BCUT2D eigenvalue weighted by molar-refractivity contribution is 7.09. The van der Waals surface area contributed by atoms with Gasteiger partial charge >= 0.3 is 0 Å². The molecule has 6 heteroatoms. The molecule has 5 nitrogen and oxygen atoms in total. The molecule has 0 aromatic carbocycles. The van der Waals surface area contributed by atoms with Gasteiger partial charge in [0.15, 0.2) is 5.96 Å². The lowest BCUT2D eigenvalue weighted by molar-refractivity contribution is 0.0767. The number of aromatic nitrogens is 1. The molecule has 0 amide bonds. The number of nitrogens with zero attached hydrogens (tertiary/aromatic N) is 3. The predicted molar refractivity (Wildman–Crippen MR) is 83.5 cm³/mol. The molecule has 4 rings (SSSR count). The summed E-state index contributed by atoms with van der Waals surface area (Å²) in [5.41, 5.74) is 3.03. The summed E-state index contributed by atoms with van der Waals surface area (Å²) in [5.74, 6) is 2.46. The summed E-state index contributed by atoms with van der Waals surface area (Å²) in [6.45, 7) is 5.06. The molecule has 0 spiro atoms. The molecule has 1 aromatic heterocycles. The number of hydrogen-bond donors (Lipinski definition) is 1. The van der Waals surface area contributed by atoms with Gasteiger partial charge < -0.3 is 15.0 Å². The Morgan fingerprint density at radius 3 is 2.71 bits per heavy atom. The SMILES string of the molecule is CN=C(NCc1scnc1C)N1CC2C3CCC(O3)C2C1. The van der Waals surface area contributed by atoms with Crippen LogP contribution in [0, 0.1) is 18.8 Å². The molecule has 4 atom stereocenters. The van der Waals surface area contributed by atoms with Crippen molar-refractivity contribution in [1.29, 1.82) is 0 Å². The first-order chi connectivity index (χ1) is 10.3. The Morgan fingerprint density at radius 1 is 1.43 bits per heavy atom. The first-order valence-corrected chi connectivity index (χ1v) is 8.64. The van der Waals surface area contributed by atoms with E-state index in [1.165, 1.54) is 17.7 Å². The fourth-order valence-corrected chi connectivity index (χ4v) is 4.84. The maximum atomic E-state index is 6.04. The van der Waals surface area contributed by atoms with Crippen molar-refractivity contribution in [3.05, 3.63) is 16.1 Å². The summed E-state index contributed by atoms with van der Waals surface area (Å²) in [7, 11) is 1.88. The fraction of sp³-hybridized carbons (Fsp3) is 0.733. The molecular weight excluding hydrogens is 284 g/mol. The van der Waals surface area contributed by atoms with Gasteiger partial charge in [-0.15, -0.1) is 11.3 Å². The van der Waals surface area contributed by atoms with Crippen LogP contribution in [-0.2, 0) is 11.3 Å². The zero-order valence-electron chi connectivity index (χ0n) is 12.6. The van der Waals surface area contributed by atoms with Crippen LogP contribution in [-0.4, -0.2) is 48.2 Å². The lowest BCUT2D eigenvalue weighted by atomic mass is 9.82. The minimum absolute atomic E-state index is 0.506. The van der Waals surface area contributed by atoms with Crippen molar-refractivity contribution in [3.63, 3.8) is 0 Å². The van der Waals surface area contributed by atoms with Gasteiger partial charge in [-0.1, -0.05) is 0 Å². The van der Waals surface area contributed by atoms with Crippen molar-refractivity contribution in [3.8, 4) is 0 Å². The van der Waals surface area contributed by atoms with Gasteiger partial charge in [0, 0.05) is 36.9 Å². The molecule has 4 unspecified atom stereocenters. The third-order valence-electron chi connectivity index (χ3n) is 5.22. The van der Waals surface area contributed by atoms with Gasteiger partial charge in [0.1, 0.15) is 0 Å². The van der Waals surface area contributed by atoms with E-state index in [4.69, 9.17) is 4.74 Å². The van der Waals surface area contributed by atoms with Crippen LogP contribution in [0.1, 0.15) is 23.4 Å². The summed E-state index contributed by atoms with van der Waals surface area (Å²) >= 11 is 1.70. The number of aryl methyl sites for hydroxylation is 1. The maximum absolute atomic E-state index is 6.04. The van der Waals surface area contributed by atoms with E-state index in [2.05, 4.69) is 27.1 Å². The van der Waals surface area contributed by atoms with Crippen LogP contribution in [0.5, 0.6) is 0 Å². The second kappa shape index (κ2) is 5.25. The molecular formula is C15H22N4OS. The van der Waals surface area contributed by atoms with Crippen molar-refractivity contribution < 1.29 is 4.74 Å². The van der Waals surface area contributed by atoms with Crippen LogP contribution in [0.4, 0.5) is 0 Å². The Bertz CT molecular complexity index is 540. The highest BCUT2D eigenvalue weighted by Crippen LogP contribution is 2.47. The van der Waals surface area contributed by atoms with Crippen molar-refractivity contribution >= 4 is 17.3 Å². The maximum Gasteiger partial charge on any atom is 0.193 e. The Kier molecular flexibility index (Phi) is 3.38. The number of rotatable bonds is 2. The first-order valence-electron chi connectivity index (χ1n) is 7.76.